The number of pyridine rings is 1. The second-order valence-electron chi connectivity index (χ2n) is 6.70. The molecule has 1 fully saturated rings. The predicted molar refractivity (Wildman–Crippen MR) is 88.8 cm³/mol. The molecule has 0 atom stereocenters. The summed E-state index contributed by atoms with van der Waals surface area (Å²) in [7, 11) is 0. The van der Waals surface area contributed by atoms with E-state index in [4.69, 9.17) is 15.2 Å². The van der Waals surface area contributed by atoms with Crippen LogP contribution in [0.5, 0.6) is 0 Å². The molecule has 0 saturated heterocycles. The van der Waals surface area contributed by atoms with Gasteiger partial charge in [-0.05, 0) is 37.3 Å². The molecule has 0 bridgehead atoms. The van der Waals surface area contributed by atoms with Crippen LogP contribution in [-0.2, 0) is 5.54 Å². The Morgan fingerprint density at radius 1 is 1.17 bits per heavy atom. The average molecular weight is 308 g/mol. The number of para-hydroxylation sites is 1. The Morgan fingerprint density at radius 2 is 1.96 bits per heavy atom. The van der Waals surface area contributed by atoms with Gasteiger partial charge in [0.05, 0.1) is 16.6 Å². The minimum Gasteiger partial charge on any atom is -0.334 e. The van der Waals surface area contributed by atoms with Gasteiger partial charge in [0, 0.05) is 11.1 Å². The number of fused-ring (bicyclic) bond motifs is 1. The lowest BCUT2D eigenvalue weighted by molar-refractivity contribution is 0.229. The summed E-state index contributed by atoms with van der Waals surface area (Å²) in [5.74, 6) is 1.47. The van der Waals surface area contributed by atoms with E-state index in [1.807, 2.05) is 30.3 Å². The zero-order valence-electron chi connectivity index (χ0n) is 13.4. The van der Waals surface area contributed by atoms with Crippen LogP contribution < -0.4 is 5.73 Å². The standard InChI is InChI=1S/C18H20N4O/c1-11(2)15-10-13(12-6-3-4-7-14(12)20-15)16-21-17(22-23-16)18(19)8-5-9-18/h3-4,6-7,10-11H,5,8-9,19H2,1-2H3. The molecule has 3 aromatic rings. The molecule has 4 rings (SSSR count). The fourth-order valence-corrected chi connectivity index (χ4v) is 2.98. The molecule has 118 valence electrons. The molecule has 2 heterocycles. The maximum atomic E-state index is 6.31. The van der Waals surface area contributed by atoms with Gasteiger partial charge in [-0.2, -0.15) is 4.98 Å². The van der Waals surface area contributed by atoms with E-state index in [-0.39, 0.29) is 0 Å². The molecule has 5 nitrogen and oxygen atoms in total. The second-order valence-corrected chi connectivity index (χ2v) is 6.70. The van der Waals surface area contributed by atoms with Gasteiger partial charge in [-0.1, -0.05) is 37.2 Å². The van der Waals surface area contributed by atoms with Crippen LogP contribution in [0.15, 0.2) is 34.9 Å². The van der Waals surface area contributed by atoms with Gasteiger partial charge in [-0.25, -0.2) is 0 Å². The molecule has 1 aromatic carbocycles. The van der Waals surface area contributed by atoms with Crippen LogP contribution >= 0.6 is 0 Å². The van der Waals surface area contributed by atoms with Gasteiger partial charge < -0.3 is 10.3 Å². The summed E-state index contributed by atoms with van der Waals surface area (Å²) in [4.78, 5) is 9.32. The molecule has 0 aliphatic heterocycles. The first-order valence-electron chi connectivity index (χ1n) is 8.10. The van der Waals surface area contributed by atoms with Crippen molar-refractivity contribution in [3.05, 3.63) is 41.9 Å². The number of hydrogen-bond donors (Lipinski definition) is 1. The Bertz CT molecular complexity index is 864. The first-order chi connectivity index (χ1) is 11.1. The van der Waals surface area contributed by atoms with Crippen molar-refractivity contribution in [1.29, 1.82) is 0 Å². The molecule has 0 amide bonds. The SMILES string of the molecule is CC(C)c1cc(-c2nc(C3(N)CCC3)no2)c2ccccc2n1. The minimum atomic E-state index is -0.411. The van der Waals surface area contributed by atoms with E-state index in [1.165, 1.54) is 0 Å². The highest BCUT2D eigenvalue weighted by molar-refractivity contribution is 5.92. The van der Waals surface area contributed by atoms with Crippen molar-refractivity contribution in [3.8, 4) is 11.5 Å². The number of rotatable bonds is 3. The molecule has 1 saturated carbocycles. The van der Waals surface area contributed by atoms with E-state index in [2.05, 4.69) is 24.0 Å². The van der Waals surface area contributed by atoms with Crippen LogP contribution in [0.4, 0.5) is 0 Å². The van der Waals surface area contributed by atoms with E-state index >= 15 is 0 Å². The van der Waals surface area contributed by atoms with Crippen molar-refractivity contribution < 1.29 is 4.52 Å². The van der Waals surface area contributed by atoms with Gasteiger partial charge in [0.15, 0.2) is 5.82 Å². The van der Waals surface area contributed by atoms with E-state index in [1.54, 1.807) is 0 Å². The molecular weight excluding hydrogens is 288 g/mol. The van der Waals surface area contributed by atoms with Crippen LogP contribution in [-0.4, -0.2) is 15.1 Å². The summed E-state index contributed by atoms with van der Waals surface area (Å²) in [6, 6.07) is 10.1. The number of benzene rings is 1. The van der Waals surface area contributed by atoms with Gasteiger partial charge >= 0.3 is 0 Å². The monoisotopic (exact) mass is 308 g/mol. The molecule has 1 aliphatic rings. The summed E-state index contributed by atoms with van der Waals surface area (Å²) in [5.41, 5.74) is 8.79. The fourth-order valence-electron chi connectivity index (χ4n) is 2.98. The summed E-state index contributed by atoms with van der Waals surface area (Å²) in [5, 5.41) is 5.16. The Kier molecular flexibility index (Phi) is 3.20. The van der Waals surface area contributed by atoms with Crippen LogP contribution in [0, 0.1) is 0 Å². The lowest BCUT2D eigenvalue weighted by Crippen LogP contribution is -2.44. The normalized spacial score (nSPS) is 16.7. The average Bonchev–Trinajstić information content (AvgIpc) is 3.01. The molecule has 0 radical (unpaired) electrons. The minimum absolute atomic E-state index is 0.327. The maximum absolute atomic E-state index is 6.31. The molecule has 0 unspecified atom stereocenters. The number of hydrogen-bond acceptors (Lipinski definition) is 5. The summed E-state index contributed by atoms with van der Waals surface area (Å²) in [6.45, 7) is 4.26. The zero-order valence-corrected chi connectivity index (χ0v) is 13.4. The van der Waals surface area contributed by atoms with E-state index in [9.17, 15) is 0 Å². The fraction of sp³-hybridized carbons (Fsp3) is 0.389. The molecule has 23 heavy (non-hydrogen) atoms. The summed E-state index contributed by atoms with van der Waals surface area (Å²) < 4.78 is 5.55. The third-order valence-electron chi connectivity index (χ3n) is 4.68. The summed E-state index contributed by atoms with van der Waals surface area (Å²) >= 11 is 0. The van der Waals surface area contributed by atoms with Crippen LogP contribution in [0.2, 0.25) is 0 Å². The highest BCUT2D eigenvalue weighted by Gasteiger charge is 2.39. The number of aromatic nitrogens is 3. The third-order valence-corrected chi connectivity index (χ3v) is 4.68. The first kappa shape index (κ1) is 14.3. The topological polar surface area (TPSA) is 77.8 Å². The second kappa shape index (κ2) is 5.13. The quantitative estimate of drug-likeness (QED) is 0.797. The molecule has 5 heteroatoms. The van der Waals surface area contributed by atoms with Crippen LogP contribution in [0.3, 0.4) is 0 Å². The molecular formula is C18H20N4O. The molecule has 2 aromatic heterocycles. The highest BCUT2D eigenvalue weighted by atomic mass is 16.5. The Morgan fingerprint density at radius 3 is 2.65 bits per heavy atom. The van der Waals surface area contributed by atoms with Crippen molar-refractivity contribution in [2.24, 2.45) is 5.73 Å². The Balaban J connectivity index is 1.87. The van der Waals surface area contributed by atoms with Crippen molar-refractivity contribution in [1.82, 2.24) is 15.1 Å². The maximum Gasteiger partial charge on any atom is 0.258 e. The highest BCUT2D eigenvalue weighted by Crippen LogP contribution is 2.38. The van der Waals surface area contributed by atoms with E-state index in [0.29, 0.717) is 17.6 Å². The predicted octanol–water partition coefficient (Wildman–Crippen LogP) is 3.75. The molecule has 2 N–H and O–H groups in total. The van der Waals surface area contributed by atoms with Gasteiger partial charge in [0.25, 0.3) is 5.89 Å². The Hall–Kier alpha value is -2.27. The van der Waals surface area contributed by atoms with Gasteiger partial charge in [-0.15, -0.1) is 0 Å². The van der Waals surface area contributed by atoms with E-state index < -0.39 is 5.54 Å². The first-order valence-corrected chi connectivity index (χ1v) is 8.10. The van der Waals surface area contributed by atoms with Crippen molar-refractivity contribution >= 4 is 10.9 Å². The number of nitrogens with zero attached hydrogens (tertiary/aromatic N) is 3. The lowest BCUT2D eigenvalue weighted by atomic mass is 9.77. The van der Waals surface area contributed by atoms with Crippen molar-refractivity contribution in [2.75, 3.05) is 0 Å². The van der Waals surface area contributed by atoms with Crippen LogP contribution in [0.25, 0.3) is 22.4 Å². The third kappa shape index (κ3) is 2.32. The smallest absolute Gasteiger partial charge is 0.258 e. The van der Waals surface area contributed by atoms with Gasteiger partial charge in [0.2, 0.25) is 0 Å². The summed E-state index contributed by atoms with van der Waals surface area (Å²) in [6.07, 6.45) is 2.96. The molecule has 0 spiro atoms. The lowest BCUT2D eigenvalue weighted by Gasteiger charge is -2.34. The number of nitrogens with two attached hydrogens (primary N) is 1. The largest absolute Gasteiger partial charge is 0.334 e. The Labute approximate surface area is 134 Å². The molecule has 1 aliphatic carbocycles. The van der Waals surface area contributed by atoms with Gasteiger partial charge in [0.1, 0.15) is 0 Å². The van der Waals surface area contributed by atoms with Crippen LogP contribution in [0.1, 0.15) is 50.5 Å². The van der Waals surface area contributed by atoms with E-state index in [0.717, 1.165) is 41.4 Å². The van der Waals surface area contributed by atoms with Gasteiger partial charge in [-0.3, -0.25) is 4.98 Å². The zero-order chi connectivity index (χ0) is 16.0. The van der Waals surface area contributed by atoms with Crippen molar-refractivity contribution in [2.45, 2.75) is 44.6 Å². The van der Waals surface area contributed by atoms with Crippen molar-refractivity contribution in [3.63, 3.8) is 0 Å².